The van der Waals surface area contributed by atoms with Crippen LogP contribution in [0.15, 0.2) is 40.8 Å². The van der Waals surface area contributed by atoms with Crippen molar-refractivity contribution in [3.8, 4) is 0 Å². The van der Waals surface area contributed by atoms with Gasteiger partial charge in [-0.15, -0.1) is 0 Å². The van der Waals surface area contributed by atoms with E-state index < -0.39 is 0 Å². The first-order valence-corrected chi connectivity index (χ1v) is 6.77. The highest BCUT2D eigenvalue weighted by atomic mass is 127. The summed E-state index contributed by atoms with van der Waals surface area (Å²) in [4.78, 5) is 0. The van der Waals surface area contributed by atoms with Crippen molar-refractivity contribution >= 4 is 22.6 Å². The van der Waals surface area contributed by atoms with Crippen molar-refractivity contribution in [1.82, 2.24) is 5.32 Å². The van der Waals surface area contributed by atoms with Crippen LogP contribution in [0.4, 0.5) is 0 Å². The van der Waals surface area contributed by atoms with Crippen LogP contribution in [0.25, 0.3) is 0 Å². The summed E-state index contributed by atoms with van der Waals surface area (Å²) in [7, 11) is 0. The monoisotopic (exact) mass is 341 g/mol. The molecule has 0 amide bonds. The van der Waals surface area contributed by atoms with Gasteiger partial charge in [0, 0.05) is 10.1 Å². The van der Waals surface area contributed by atoms with E-state index in [2.05, 4.69) is 59.1 Å². The molecule has 0 spiro atoms. The fraction of sp³-hybridized carbons (Fsp3) is 0.286. The van der Waals surface area contributed by atoms with Crippen molar-refractivity contribution in [3.63, 3.8) is 0 Å². The minimum Gasteiger partial charge on any atom is -0.465 e. The quantitative estimate of drug-likeness (QED) is 0.849. The summed E-state index contributed by atoms with van der Waals surface area (Å²) < 4.78 is 6.85. The fourth-order valence-electron chi connectivity index (χ4n) is 1.66. The molecule has 1 heterocycles. The molecule has 1 atom stereocenters. The second kappa shape index (κ2) is 5.69. The first-order chi connectivity index (χ1) is 8.15. The number of hydrogen-bond donors (Lipinski definition) is 1. The zero-order valence-electron chi connectivity index (χ0n) is 10.0. The molecule has 0 radical (unpaired) electrons. The lowest BCUT2D eigenvalue weighted by atomic mass is 10.2. The van der Waals surface area contributed by atoms with Gasteiger partial charge >= 0.3 is 0 Å². The molecule has 2 nitrogen and oxygen atoms in total. The van der Waals surface area contributed by atoms with Crippen molar-refractivity contribution in [3.05, 3.63) is 57.1 Å². The molecule has 2 aromatic rings. The highest BCUT2D eigenvalue weighted by molar-refractivity contribution is 14.1. The van der Waals surface area contributed by atoms with Crippen molar-refractivity contribution in [1.29, 1.82) is 0 Å². The third-order valence-electron chi connectivity index (χ3n) is 2.71. The number of aryl methyl sites for hydroxylation is 1. The van der Waals surface area contributed by atoms with Crippen molar-refractivity contribution in [2.24, 2.45) is 0 Å². The van der Waals surface area contributed by atoms with E-state index in [9.17, 15) is 0 Å². The van der Waals surface area contributed by atoms with Crippen LogP contribution in [0.5, 0.6) is 0 Å². The summed E-state index contributed by atoms with van der Waals surface area (Å²) in [5, 5.41) is 3.45. The molecule has 1 aromatic carbocycles. The van der Waals surface area contributed by atoms with E-state index in [1.165, 1.54) is 9.13 Å². The molecular formula is C14H16INO. The van der Waals surface area contributed by atoms with Crippen LogP contribution in [0, 0.1) is 10.5 Å². The van der Waals surface area contributed by atoms with Gasteiger partial charge in [-0.2, -0.15) is 0 Å². The normalized spacial score (nSPS) is 12.6. The molecule has 90 valence electrons. The molecular weight excluding hydrogens is 325 g/mol. The SMILES string of the molecule is Cc1ccc(C(C)NCc2ccc(I)cc2)o1. The molecule has 3 heteroatoms. The Hall–Kier alpha value is -0.810. The van der Waals surface area contributed by atoms with Gasteiger partial charge in [0.1, 0.15) is 11.5 Å². The maximum absolute atomic E-state index is 5.59. The van der Waals surface area contributed by atoms with Crippen molar-refractivity contribution in [2.45, 2.75) is 26.4 Å². The van der Waals surface area contributed by atoms with E-state index in [0.29, 0.717) is 0 Å². The van der Waals surface area contributed by atoms with E-state index in [1.807, 2.05) is 19.1 Å². The molecule has 0 fully saturated rings. The highest BCUT2D eigenvalue weighted by Gasteiger charge is 2.08. The van der Waals surface area contributed by atoms with Crippen LogP contribution in [0.1, 0.15) is 30.0 Å². The van der Waals surface area contributed by atoms with Crippen LogP contribution < -0.4 is 5.32 Å². The zero-order chi connectivity index (χ0) is 12.3. The lowest BCUT2D eigenvalue weighted by Crippen LogP contribution is -2.17. The lowest BCUT2D eigenvalue weighted by Gasteiger charge is -2.11. The molecule has 1 aromatic heterocycles. The van der Waals surface area contributed by atoms with Crippen LogP contribution in [-0.2, 0) is 6.54 Å². The van der Waals surface area contributed by atoms with Crippen LogP contribution in [0.2, 0.25) is 0 Å². The second-order valence-corrected chi connectivity index (χ2v) is 5.42. The summed E-state index contributed by atoms with van der Waals surface area (Å²) in [6, 6.07) is 12.8. The Kier molecular flexibility index (Phi) is 4.23. The van der Waals surface area contributed by atoms with Gasteiger partial charge in [0.05, 0.1) is 6.04 Å². The number of benzene rings is 1. The zero-order valence-corrected chi connectivity index (χ0v) is 12.2. The Morgan fingerprint density at radius 3 is 2.47 bits per heavy atom. The van der Waals surface area contributed by atoms with Gasteiger partial charge in [-0.3, -0.25) is 0 Å². The van der Waals surface area contributed by atoms with Gasteiger partial charge in [0.25, 0.3) is 0 Å². The van der Waals surface area contributed by atoms with Gasteiger partial charge < -0.3 is 9.73 Å². The summed E-state index contributed by atoms with van der Waals surface area (Å²) >= 11 is 2.31. The Labute approximate surface area is 116 Å². The van der Waals surface area contributed by atoms with Crippen molar-refractivity contribution in [2.75, 3.05) is 0 Å². The smallest absolute Gasteiger partial charge is 0.120 e. The third kappa shape index (κ3) is 3.57. The topological polar surface area (TPSA) is 25.2 Å². The summed E-state index contributed by atoms with van der Waals surface area (Å²) in [6.07, 6.45) is 0. The Morgan fingerprint density at radius 1 is 1.18 bits per heavy atom. The van der Waals surface area contributed by atoms with Gasteiger partial charge in [0.15, 0.2) is 0 Å². The maximum atomic E-state index is 5.59. The summed E-state index contributed by atoms with van der Waals surface area (Å²) in [6.45, 7) is 4.94. The predicted octanol–water partition coefficient (Wildman–Crippen LogP) is 4.04. The first-order valence-electron chi connectivity index (χ1n) is 5.69. The number of hydrogen-bond acceptors (Lipinski definition) is 2. The maximum Gasteiger partial charge on any atom is 0.120 e. The standard InChI is InChI=1S/C14H16INO/c1-10-3-8-14(17-10)11(2)16-9-12-4-6-13(15)7-5-12/h3-8,11,16H,9H2,1-2H3. The Bertz CT molecular complexity index is 475. The van der Waals surface area contributed by atoms with Gasteiger partial charge in [-0.1, -0.05) is 12.1 Å². The Morgan fingerprint density at radius 2 is 1.88 bits per heavy atom. The molecule has 17 heavy (non-hydrogen) atoms. The summed E-state index contributed by atoms with van der Waals surface area (Å²) in [5.41, 5.74) is 1.29. The molecule has 0 aliphatic carbocycles. The molecule has 2 rings (SSSR count). The van der Waals surface area contributed by atoms with E-state index in [0.717, 1.165) is 18.1 Å². The molecule has 1 N–H and O–H groups in total. The van der Waals surface area contributed by atoms with Crippen LogP contribution in [-0.4, -0.2) is 0 Å². The molecule has 0 saturated carbocycles. The number of furan rings is 1. The van der Waals surface area contributed by atoms with E-state index in [1.54, 1.807) is 0 Å². The number of rotatable bonds is 4. The lowest BCUT2D eigenvalue weighted by molar-refractivity contribution is 0.416. The Balaban J connectivity index is 1.92. The number of halogens is 1. The fourth-order valence-corrected chi connectivity index (χ4v) is 2.02. The predicted molar refractivity (Wildman–Crippen MR) is 77.9 cm³/mol. The van der Waals surface area contributed by atoms with Crippen LogP contribution >= 0.6 is 22.6 Å². The van der Waals surface area contributed by atoms with Gasteiger partial charge in [-0.05, 0) is 66.3 Å². The minimum absolute atomic E-state index is 0.239. The van der Waals surface area contributed by atoms with E-state index >= 15 is 0 Å². The van der Waals surface area contributed by atoms with E-state index in [4.69, 9.17) is 4.42 Å². The minimum atomic E-state index is 0.239. The van der Waals surface area contributed by atoms with Crippen LogP contribution in [0.3, 0.4) is 0 Å². The second-order valence-electron chi connectivity index (χ2n) is 4.18. The first kappa shape index (κ1) is 12.6. The van der Waals surface area contributed by atoms with Crippen molar-refractivity contribution < 1.29 is 4.42 Å². The van der Waals surface area contributed by atoms with Gasteiger partial charge in [0.2, 0.25) is 0 Å². The molecule has 1 unspecified atom stereocenters. The molecule has 0 aliphatic heterocycles. The molecule has 0 bridgehead atoms. The average molecular weight is 341 g/mol. The van der Waals surface area contributed by atoms with E-state index in [-0.39, 0.29) is 6.04 Å². The van der Waals surface area contributed by atoms with Gasteiger partial charge in [-0.25, -0.2) is 0 Å². The largest absolute Gasteiger partial charge is 0.465 e. The molecule has 0 saturated heterocycles. The summed E-state index contributed by atoms with van der Waals surface area (Å²) in [5.74, 6) is 1.95. The highest BCUT2D eigenvalue weighted by Crippen LogP contribution is 2.16. The average Bonchev–Trinajstić information content (AvgIpc) is 2.75. The molecule has 0 aliphatic rings. The number of nitrogens with one attached hydrogen (secondary N) is 1. The third-order valence-corrected chi connectivity index (χ3v) is 3.43.